The summed E-state index contributed by atoms with van der Waals surface area (Å²) in [7, 11) is 0. The van der Waals surface area contributed by atoms with Gasteiger partial charge in [0.15, 0.2) is 5.69 Å². The second-order valence-electron chi connectivity index (χ2n) is 7.99. The van der Waals surface area contributed by atoms with Crippen molar-refractivity contribution in [3.8, 4) is 0 Å². The highest BCUT2D eigenvalue weighted by atomic mass is 35.5. The molecule has 3 rings (SSSR count). The predicted molar refractivity (Wildman–Crippen MR) is 113 cm³/mol. The minimum atomic E-state index is -4.55. The molecule has 1 heterocycles. The number of hydrogen-bond acceptors (Lipinski definition) is 4. The minimum absolute atomic E-state index is 0.0179. The minimum Gasteiger partial charge on any atom is -0.461 e. The molecular formula is C22H25ClF3N3O3. The van der Waals surface area contributed by atoms with Crippen LogP contribution in [0.3, 0.4) is 0 Å². The Morgan fingerprint density at radius 3 is 2.56 bits per heavy atom. The molecule has 0 atom stereocenters. The molecule has 0 bridgehead atoms. The Kier molecular flexibility index (Phi) is 7.48. The van der Waals surface area contributed by atoms with E-state index in [2.05, 4.69) is 10.4 Å². The van der Waals surface area contributed by atoms with Gasteiger partial charge in [-0.25, -0.2) is 4.79 Å². The molecule has 1 N–H and O–H groups in total. The fraction of sp³-hybridized carbons (Fsp3) is 0.500. The maximum atomic E-state index is 12.9. The number of nitrogens with one attached hydrogen (secondary N) is 1. The lowest BCUT2D eigenvalue weighted by atomic mass is 9.86. The van der Waals surface area contributed by atoms with Gasteiger partial charge in [0.1, 0.15) is 0 Å². The summed E-state index contributed by atoms with van der Waals surface area (Å²) in [6.45, 7) is 4.47. The number of esters is 1. The van der Waals surface area contributed by atoms with E-state index in [1.807, 2.05) is 6.20 Å². The molecule has 0 spiro atoms. The molecular weight excluding hydrogens is 447 g/mol. The molecule has 1 amide bonds. The van der Waals surface area contributed by atoms with Gasteiger partial charge in [0, 0.05) is 24.3 Å². The quantitative estimate of drug-likeness (QED) is 0.600. The zero-order valence-electron chi connectivity index (χ0n) is 17.8. The van der Waals surface area contributed by atoms with Crippen LogP contribution in [-0.2, 0) is 17.5 Å². The van der Waals surface area contributed by atoms with Crippen molar-refractivity contribution in [2.45, 2.75) is 58.3 Å². The van der Waals surface area contributed by atoms with Crippen molar-refractivity contribution in [1.29, 1.82) is 0 Å². The van der Waals surface area contributed by atoms with Crippen molar-refractivity contribution in [2.75, 3.05) is 6.61 Å². The van der Waals surface area contributed by atoms with Crippen LogP contribution in [0.4, 0.5) is 13.2 Å². The maximum absolute atomic E-state index is 12.9. The molecule has 32 heavy (non-hydrogen) atoms. The second kappa shape index (κ2) is 9.94. The van der Waals surface area contributed by atoms with E-state index in [1.165, 1.54) is 0 Å². The van der Waals surface area contributed by atoms with Crippen LogP contribution in [0.5, 0.6) is 0 Å². The zero-order valence-corrected chi connectivity index (χ0v) is 18.6. The van der Waals surface area contributed by atoms with Crippen LogP contribution < -0.4 is 5.32 Å². The zero-order chi connectivity index (χ0) is 23.5. The molecule has 10 heteroatoms. The first-order valence-corrected chi connectivity index (χ1v) is 10.8. The van der Waals surface area contributed by atoms with Crippen LogP contribution in [0.25, 0.3) is 0 Å². The Bertz CT molecular complexity index is 983. The smallest absolute Gasteiger partial charge is 0.416 e. The Labute approximate surface area is 189 Å². The highest BCUT2D eigenvalue weighted by Crippen LogP contribution is 2.32. The topological polar surface area (TPSA) is 73.2 Å². The van der Waals surface area contributed by atoms with Gasteiger partial charge in [0.05, 0.1) is 22.8 Å². The summed E-state index contributed by atoms with van der Waals surface area (Å²) in [6.07, 6.45) is 0.283. The maximum Gasteiger partial charge on any atom is 0.416 e. The molecule has 0 saturated heterocycles. The molecule has 1 aromatic heterocycles. The third kappa shape index (κ3) is 5.82. The third-order valence-corrected chi connectivity index (χ3v) is 5.91. The molecule has 174 valence electrons. The Hall–Kier alpha value is -2.55. The van der Waals surface area contributed by atoms with Crippen LogP contribution in [0.15, 0.2) is 24.4 Å². The van der Waals surface area contributed by atoms with Gasteiger partial charge in [-0.1, -0.05) is 11.6 Å². The highest BCUT2D eigenvalue weighted by Gasteiger charge is 2.32. The first-order valence-electron chi connectivity index (χ1n) is 10.5. The summed E-state index contributed by atoms with van der Waals surface area (Å²) in [5.41, 5.74) is -0.0253. The van der Waals surface area contributed by atoms with E-state index in [0.29, 0.717) is 31.0 Å². The molecule has 1 aromatic carbocycles. The van der Waals surface area contributed by atoms with Crippen molar-refractivity contribution in [3.05, 3.63) is 51.8 Å². The molecule has 1 aliphatic rings. The fourth-order valence-electron chi connectivity index (χ4n) is 3.91. The van der Waals surface area contributed by atoms with Crippen molar-refractivity contribution in [3.63, 3.8) is 0 Å². The average molecular weight is 472 g/mol. The lowest BCUT2D eigenvalue weighted by Gasteiger charge is -2.29. The first kappa shape index (κ1) is 24.1. The number of aryl methyl sites for hydroxylation is 1. The van der Waals surface area contributed by atoms with E-state index in [0.717, 1.165) is 36.6 Å². The molecule has 0 radical (unpaired) electrons. The lowest BCUT2D eigenvalue weighted by molar-refractivity contribution is -0.137. The van der Waals surface area contributed by atoms with Gasteiger partial charge in [-0.15, -0.1) is 0 Å². The fourth-order valence-corrected chi connectivity index (χ4v) is 4.11. The monoisotopic (exact) mass is 471 g/mol. The van der Waals surface area contributed by atoms with Gasteiger partial charge in [0.2, 0.25) is 0 Å². The molecule has 6 nitrogen and oxygen atoms in total. The molecule has 2 aromatic rings. The number of benzene rings is 1. The number of hydrogen-bond donors (Lipinski definition) is 1. The molecule has 1 fully saturated rings. The van der Waals surface area contributed by atoms with E-state index in [9.17, 15) is 22.8 Å². The number of alkyl halides is 3. The number of aromatic nitrogens is 2. The molecule has 1 saturated carbocycles. The third-order valence-electron chi connectivity index (χ3n) is 5.58. The summed E-state index contributed by atoms with van der Waals surface area (Å²) in [5.74, 6) is -0.732. The van der Waals surface area contributed by atoms with Crippen LogP contribution in [0, 0.1) is 12.8 Å². The SMILES string of the molecule is CCOC(=O)c1nn(C[C@H]2CC[C@H](NC(=O)c3cc(C(F)(F)F)ccc3Cl)CC2)cc1C. The lowest BCUT2D eigenvalue weighted by Crippen LogP contribution is -2.38. The number of rotatable bonds is 6. The van der Waals surface area contributed by atoms with E-state index in [4.69, 9.17) is 16.3 Å². The van der Waals surface area contributed by atoms with Crippen LogP contribution >= 0.6 is 11.6 Å². The van der Waals surface area contributed by atoms with Gasteiger partial charge in [-0.2, -0.15) is 18.3 Å². The number of ether oxygens (including phenoxy) is 1. The van der Waals surface area contributed by atoms with Gasteiger partial charge >= 0.3 is 12.1 Å². The summed E-state index contributed by atoms with van der Waals surface area (Å²) in [4.78, 5) is 24.4. The number of nitrogens with zero attached hydrogens (tertiary/aromatic N) is 2. The summed E-state index contributed by atoms with van der Waals surface area (Å²) in [5, 5.41) is 7.12. The summed E-state index contributed by atoms with van der Waals surface area (Å²) in [6, 6.07) is 2.59. The Morgan fingerprint density at radius 2 is 1.94 bits per heavy atom. The van der Waals surface area contributed by atoms with Crippen LogP contribution in [0.2, 0.25) is 5.02 Å². The molecule has 1 aliphatic carbocycles. The van der Waals surface area contributed by atoms with Crippen molar-refractivity contribution in [1.82, 2.24) is 15.1 Å². The standard InChI is InChI=1S/C22H25ClF3N3O3/c1-3-32-21(31)19-13(2)11-29(28-19)12-14-4-7-16(8-5-14)27-20(30)17-10-15(22(24,25)26)6-9-18(17)23/h6,9-11,14,16H,3-5,7-8,12H2,1-2H3,(H,27,30)/t14-,16-. The van der Waals surface area contributed by atoms with E-state index in [-0.39, 0.29) is 23.2 Å². The van der Waals surface area contributed by atoms with E-state index in [1.54, 1.807) is 18.5 Å². The molecule has 0 unspecified atom stereocenters. The number of amides is 1. The van der Waals surface area contributed by atoms with Gasteiger partial charge < -0.3 is 10.1 Å². The second-order valence-corrected chi connectivity index (χ2v) is 8.39. The van der Waals surface area contributed by atoms with Crippen molar-refractivity contribution >= 4 is 23.5 Å². The number of carbonyl (C=O) groups excluding carboxylic acids is 2. The highest BCUT2D eigenvalue weighted by molar-refractivity contribution is 6.33. The largest absolute Gasteiger partial charge is 0.461 e. The number of halogens is 4. The van der Waals surface area contributed by atoms with Gasteiger partial charge in [0.25, 0.3) is 5.91 Å². The first-order chi connectivity index (χ1) is 15.1. The van der Waals surface area contributed by atoms with Crippen LogP contribution in [-0.4, -0.2) is 34.3 Å². The Morgan fingerprint density at radius 1 is 1.25 bits per heavy atom. The van der Waals surface area contributed by atoms with Gasteiger partial charge in [-0.3, -0.25) is 9.48 Å². The average Bonchev–Trinajstić information content (AvgIpc) is 3.09. The van der Waals surface area contributed by atoms with Crippen molar-refractivity contribution < 1.29 is 27.5 Å². The van der Waals surface area contributed by atoms with E-state index < -0.39 is 23.6 Å². The predicted octanol–water partition coefficient (Wildman–Crippen LogP) is 5.03. The van der Waals surface area contributed by atoms with Crippen LogP contribution in [0.1, 0.15) is 64.6 Å². The molecule has 0 aliphatic heterocycles. The van der Waals surface area contributed by atoms with Gasteiger partial charge in [-0.05, 0) is 63.6 Å². The van der Waals surface area contributed by atoms with Crippen molar-refractivity contribution in [2.24, 2.45) is 5.92 Å². The summed E-state index contributed by atoms with van der Waals surface area (Å²) < 4.78 is 45.6. The Balaban J connectivity index is 1.55. The summed E-state index contributed by atoms with van der Waals surface area (Å²) >= 11 is 5.96. The number of carbonyl (C=O) groups is 2. The normalized spacial score (nSPS) is 18.9. The van der Waals surface area contributed by atoms with E-state index >= 15 is 0 Å².